The van der Waals surface area contributed by atoms with E-state index in [9.17, 15) is 9.59 Å². The largest absolute Gasteiger partial charge is 0.480 e. The third kappa shape index (κ3) is 2.57. The van der Waals surface area contributed by atoms with Gasteiger partial charge in [-0.25, -0.2) is 0 Å². The highest BCUT2D eigenvalue weighted by molar-refractivity contribution is 6.31. The van der Waals surface area contributed by atoms with Gasteiger partial charge in [0, 0.05) is 23.7 Å². The van der Waals surface area contributed by atoms with Crippen LogP contribution in [-0.2, 0) is 4.79 Å². The first kappa shape index (κ1) is 13.8. The zero-order chi connectivity index (χ0) is 14.2. The van der Waals surface area contributed by atoms with Crippen LogP contribution >= 0.6 is 11.6 Å². The molecular weight excluding hydrogens is 268 g/mol. The molecule has 1 atom stereocenters. The molecule has 1 aromatic rings. The molecule has 1 aliphatic heterocycles. The number of carbonyl (C=O) groups is 2. The minimum atomic E-state index is -1.35. The van der Waals surface area contributed by atoms with Crippen LogP contribution in [0, 0.1) is 6.92 Å². The average molecular weight is 283 g/mol. The maximum Gasteiger partial charge on any atom is 0.325 e. The summed E-state index contributed by atoms with van der Waals surface area (Å²) in [5.74, 6) is -1.31. The Morgan fingerprint density at radius 2 is 2.16 bits per heavy atom. The predicted octanol–water partition coefficient (Wildman–Crippen LogP) is 1.28. The minimum Gasteiger partial charge on any atom is -0.480 e. The van der Waals surface area contributed by atoms with Crippen LogP contribution in [0.1, 0.15) is 22.3 Å². The van der Waals surface area contributed by atoms with E-state index in [1.807, 2.05) is 6.92 Å². The highest BCUT2D eigenvalue weighted by Crippen LogP contribution is 2.23. The molecule has 0 spiro atoms. The fraction of sp³-hybridized carbons (Fsp3) is 0.385. The third-order valence-electron chi connectivity index (χ3n) is 3.44. The molecule has 102 valence electrons. The molecule has 0 aromatic heterocycles. The smallest absolute Gasteiger partial charge is 0.325 e. The second kappa shape index (κ2) is 4.83. The first-order valence-electron chi connectivity index (χ1n) is 5.91. The van der Waals surface area contributed by atoms with Gasteiger partial charge < -0.3 is 15.7 Å². The van der Waals surface area contributed by atoms with Gasteiger partial charge in [0.15, 0.2) is 0 Å². The van der Waals surface area contributed by atoms with Gasteiger partial charge in [0.05, 0.1) is 0 Å². The molecule has 1 fully saturated rings. The Hall–Kier alpha value is -1.59. The molecule has 1 heterocycles. The zero-order valence-corrected chi connectivity index (χ0v) is 11.3. The van der Waals surface area contributed by atoms with Gasteiger partial charge >= 0.3 is 5.97 Å². The molecule has 1 unspecified atom stereocenters. The first-order valence-corrected chi connectivity index (χ1v) is 6.29. The Bertz CT molecular complexity index is 547. The second-order valence-corrected chi connectivity index (χ2v) is 5.33. The van der Waals surface area contributed by atoms with Crippen molar-refractivity contribution >= 4 is 23.5 Å². The van der Waals surface area contributed by atoms with Gasteiger partial charge in [0.1, 0.15) is 5.54 Å². The van der Waals surface area contributed by atoms with E-state index in [2.05, 4.69) is 0 Å². The van der Waals surface area contributed by atoms with Gasteiger partial charge in [-0.3, -0.25) is 9.59 Å². The number of carbonyl (C=O) groups excluding carboxylic acids is 1. The van der Waals surface area contributed by atoms with Crippen LogP contribution in [0.3, 0.4) is 0 Å². The summed E-state index contributed by atoms with van der Waals surface area (Å²) in [6.07, 6.45) is 0.258. The van der Waals surface area contributed by atoms with Gasteiger partial charge in [-0.05, 0) is 31.0 Å². The molecule has 5 nitrogen and oxygen atoms in total. The van der Waals surface area contributed by atoms with Gasteiger partial charge in [-0.2, -0.15) is 0 Å². The van der Waals surface area contributed by atoms with Crippen molar-refractivity contribution in [1.82, 2.24) is 4.90 Å². The molecule has 0 bridgehead atoms. The summed E-state index contributed by atoms with van der Waals surface area (Å²) in [5, 5.41) is 9.53. The zero-order valence-electron chi connectivity index (χ0n) is 10.5. The molecular formula is C13H15ClN2O3. The van der Waals surface area contributed by atoms with Crippen LogP contribution in [0.5, 0.6) is 0 Å². The van der Waals surface area contributed by atoms with Crippen LogP contribution in [0.4, 0.5) is 0 Å². The minimum absolute atomic E-state index is 0.0210. The molecule has 1 aromatic carbocycles. The van der Waals surface area contributed by atoms with E-state index in [-0.39, 0.29) is 18.9 Å². The lowest BCUT2D eigenvalue weighted by atomic mass is 10.0. The van der Waals surface area contributed by atoms with Crippen LogP contribution in [0.2, 0.25) is 5.02 Å². The Kier molecular flexibility index (Phi) is 3.52. The topological polar surface area (TPSA) is 83.6 Å². The fourth-order valence-corrected chi connectivity index (χ4v) is 2.35. The molecule has 0 radical (unpaired) electrons. The van der Waals surface area contributed by atoms with Crippen molar-refractivity contribution in [2.75, 3.05) is 13.1 Å². The van der Waals surface area contributed by atoms with E-state index in [1.54, 1.807) is 18.2 Å². The van der Waals surface area contributed by atoms with Crippen molar-refractivity contribution in [3.63, 3.8) is 0 Å². The molecule has 19 heavy (non-hydrogen) atoms. The predicted molar refractivity (Wildman–Crippen MR) is 71.3 cm³/mol. The van der Waals surface area contributed by atoms with E-state index in [0.717, 1.165) is 5.56 Å². The number of carboxylic acids is 1. The molecule has 1 aliphatic rings. The van der Waals surface area contributed by atoms with Gasteiger partial charge in [0.25, 0.3) is 5.91 Å². The van der Waals surface area contributed by atoms with Crippen molar-refractivity contribution in [1.29, 1.82) is 0 Å². The number of nitrogens with two attached hydrogens (primary N) is 1. The van der Waals surface area contributed by atoms with E-state index in [4.69, 9.17) is 22.4 Å². The van der Waals surface area contributed by atoms with Crippen LogP contribution < -0.4 is 5.73 Å². The molecule has 3 N–H and O–H groups in total. The summed E-state index contributed by atoms with van der Waals surface area (Å²) in [6, 6.07) is 5.07. The Morgan fingerprint density at radius 3 is 2.74 bits per heavy atom. The summed E-state index contributed by atoms with van der Waals surface area (Å²) < 4.78 is 0. The lowest BCUT2D eigenvalue weighted by molar-refractivity contribution is -0.142. The Balaban J connectivity index is 2.22. The summed E-state index contributed by atoms with van der Waals surface area (Å²) in [5.41, 5.74) is 5.70. The standard InChI is InChI=1S/C13H15ClN2O3/c1-8-2-3-9(14)6-10(8)11(17)16-5-4-13(15,7-16)12(18)19/h2-3,6H,4-5,7,15H2,1H3,(H,18,19). The monoisotopic (exact) mass is 282 g/mol. The molecule has 1 amide bonds. The molecule has 6 heteroatoms. The van der Waals surface area contributed by atoms with Gasteiger partial charge in [0.2, 0.25) is 0 Å². The van der Waals surface area contributed by atoms with Crippen molar-refractivity contribution in [3.8, 4) is 0 Å². The van der Waals surface area contributed by atoms with Crippen LogP contribution in [0.25, 0.3) is 0 Å². The van der Waals surface area contributed by atoms with Crippen molar-refractivity contribution in [3.05, 3.63) is 34.3 Å². The van der Waals surface area contributed by atoms with Crippen molar-refractivity contribution in [2.24, 2.45) is 5.73 Å². The summed E-state index contributed by atoms with van der Waals surface area (Å²) in [6.45, 7) is 2.17. The average Bonchev–Trinajstić information content (AvgIpc) is 2.76. The molecule has 0 aliphatic carbocycles. The van der Waals surface area contributed by atoms with Gasteiger partial charge in [-0.15, -0.1) is 0 Å². The lowest BCUT2D eigenvalue weighted by Crippen LogP contribution is -2.50. The number of carboxylic acid groups (broad SMARTS) is 1. The molecule has 2 rings (SSSR count). The number of halogens is 1. The number of nitrogens with zero attached hydrogens (tertiary/aromatic N) is 1. The Morgan fingerprint density at radius 1 is 1.47 bits per heavy atom. The third-order valence-corrected chi connectivity index (χ3v) is 3.68. The maximum atomic E-state index is 12.3. The lowest BCUT2D eigenvalue weighted by Gasteiger charge is -2.21. The van der Waals surface area contributed by atoms with Crippen LogP contribution in [0.15, 0.2) is 18.2 Å². The van der Waals surface area contributed by atoms with E-state index >= 15 is 0 Å². The van der Waals surface area contributed by atoms with E-state index < -0.39 is 11.5 Å². The summed E-state index contributed by atoms with van der Waals surface area (Å²) in [4.78, 5) is 24.9. The number of hydrogen-bond acceptors (Lipinski definition) is 3. The fourth-order valence-electron chi connectivity index (χ4n) is 2.18. The van der Waals surface area contributed by atoms with Crippen molar-refractivity contribution in [2.45, 2.75) is 18.9 Å². The molecule has 0 saturated carbocycles. The number of benzene rings is 1. The highest BCUT2D eigenvalue weighted by atomic mass is 35.5. The number of rotatable bonds is 2. The number of aliphatic carboxylic acids is 1. The van der Waals surface area contributed by atoms with E-state index in [0.29, 0.717) is 17.1 Å². The number of hydrogen-bond donors (Lipinski definition) is 2. The quantitative estimate of drug-likeness (QED) is 0.856. The maximum absolute atomic E-state index is 12.3. The normalized spacial score (nSPS) is 22.6. The van der Waals surface area contributed by atoms with E-state index in [1.165, 1.54) is 4.90 Å². The first-order chi connectivity index (χ1) is 8.83. The summed E-state index contributed by atoms with van der Waals surface area (Å²) in [7, 11) is 0. The highest BCUT2D eigenvalue weighted by Gasteiger charge is 2.43. The van der Waals surface area contributed by atoms with Gasteiger partial charge in [-0.1, -0.05) is 17.7 Å². The Labute approximate surface area is 116 Å². The number of amides is 1. The van der Waals surface area contributed by atoms with Crippen LogP contribution in [-0.4, -0.2) is 40.5 Å². The number of aryl methyl sites for hydroxylation is 1. The SMILES string of the molecule is Cc1ccc(Cl)cc1C(=O)N1CCC(N)(C(=O)O)C1. The second-order valence-electron chi connectivity index (χ2n) is 4.90. The number of likely N-dealkylation sites (tertiary alicyclic amines) is 1. The molecule has 1 saturated heterocycles. The van der Waals surface area contributed by atoms with Crippen molar-refractivity contribution < 1.29 is 14.7 Å². The summed E-state index contributed by atoms with van der Waals surface area (Å²) >= 11 is 5.88.